The second-order valence-electron chi connectivity index (χ2n) is 3.55. The van der Waals surface area contributed by atoms with Gasteiger partial charge >= 0.3 is 5.97 Å². The van der Waals surface area contributed by atoms with Crippen molar-refractivity contribution in [1.82, 2.24) is 4.98 Å². The molecule has 0 saturated carbocycles. The number of aryl methyl sites for hydroxylation is 1. The van der Waals surface area contributed by atoms with E-state index in [1.54, 1.807) is 30.5 Å². The molecule has 0 unspecified atom stereocenters. The third-order valence-electron chi connectivity index (χ3n) is 2.21. The van der Waals surface area contributed by atoms with E-state index in [2.05, 4.69) is 4.98 Å². The summed E-state index contributed by atoms with van der Waals surface area (Å²) in [7, 11) is 0. The van der Waals surface area contributed by atoms with Gasteiger partial charge in [0.2, 0.25) is 0 Å². The maximum atomic E-state index is 11.8. The summed E-state index contributed by atoms with van der Waals surface area (Å²) >= 11 is 2.03. The number of hydrogen-bond acceptors (Lipinski definition) is 3. The molecule has 0 saturated heterocycles. The minimum atomic E-state index is -0.365. The number of pyridine rings is 1. The molecule has 0 N–H and O–H groups in total. The Hall–Kier alpha value is -1.43. The lowest BCUT2D eigenvalue weighted by Crippen LogP contribution is -2.09. The number of halogens is 1. The molecule has 4 heteroatoms. The minimum absolute atomic E-state index is 0.365. The molecule has 0 fully saturated rings. The van der Waals surface area contributed by atoms with Gasteiger partial charge in [0, 0.05) is 6.20 Å². The smallest absolute Gasteiger partial charge is 0.343 e. The first kappa shape index (κ1) is 12.0. The number of nitrogens with zero attached hydrogens (tertiary/aromatic N) is 1. The first-order valence-electron chi connectivity index (χ1n) is 5.06. The van der Waals surface area contributed by atoms with Crippen molar-refractivity contribution in [2.45, 2.75) is 6.92 Å². The summed E-state index contributed by atoms with van der Waals surface area (Å²) in [6.07, 6.45) is 1.66. The number of esters is 1. The Bertz CT molecular complexity index is 537. The lowest BCUT2D eigenvalue weighted by molar-refractivity contribution is 0.0732. The number of aromatic nitrogens is 1. The van der Waals surface area contributed by atoms with Gasteiger partial charge in [0.1, 0.15) is 3.70 Å². The van der Waals surface area contributed by atoms with Crippen LogP contribution in [0.25, 0.3) is 0 Å². The van der Waals surface area contributed by atoms with Gasteiger partial charge in [-0.05, 0) is 53.8 Å². The number of rotatable bonds is 2. The van der Waals surface area contributed by atoms with Gasteiger partial charge in [0.25, 0.3) is 0 Å². The first-order chi connectivity index (χ1) is 8.16. The molecule has 0 spiro atoms. The van der Waals surface area contributed by atoms with Crippen LogP contribution in [0.15, 0.2) is 42.6 Å². The lowest BCUT2D eigenvalue weighted by Gasteiger charge is -2.05. The molecule has 2 aromatic rings. The van der Waals surface area contributed by atoms with E-state index < -0.39 is 0 Å². The Labute approximate surface area is 113 Å². The predicted molar refractivity (Wildman–Crippen MR) is 73.1 cm³/mol. The van der Waals surface area contributed by atoms with Crippen molar-refractivity contribution in [2.75, 3.05) is 0 Å². The lowest BCUT2D eigenvalue weighted by atomic mass is 10.1. The fourth-order valence-electron chi connectivity index (χ4n) is 1.30. The SMILES string of the molecule is Cc1ccc(C(=O)Oc2cccnc2I)cc1. The number of benzene rings is 1. The molecule has 3 nitrogen and oxygen atoms in total. The van der Waals surface area contributed by atoms with Crippen LogP contribution in [-0.2, 0) is 0 Å². The molecule has 1 heterocycles. The average Bonchev–Trinajstić information content (AvgIpc) is 2.33. The summed E-state index contributed by atoms with van der Waals surface area (Å²) in [5.74, 6) is 0.120. The topological polar surface area (TPSA) is 39.2 Å². The van der Waals surface area contributed by atoms with Crippen molar-refractivity contribution in [1.29, 1.82) is 0 Å². The third-order valence-corrected chi connectivity index (χ3v) is 3.02. The van der Waals surface area contributed by atoms with Crippen molar-refractivity contribution in [3.63, 3.8) is 0 Å². The molecule has 1 aromatic heterocycles. The van der Waals surface area contributed by atoms with Gasteiger partial charge in [-0.15, -0.1) is 0 Å². The van der Waals surface area contributed by atoms with E-state index in [1.165, 1.54) is 0 Å². The van der Waals surface area contributed by atoms with E-state index in [-0.39, 0.29) is 5.97 Å². The van der Waals surface area contributed by atoms with Crippen molar-refractivity contribution in [2.24, 2.45) is 0 Å². The maximum Gasteiger partial charge on any atom is 0.343 e. The highest BCUT2D eigenvalue weighted by atomic mass is 127. The van der Waals surface area contributed by atoms with Crippen LogP contribution in [0.1, 0.15) is 15.9 Å². The van der Waals surface area contributed by atoms with Crippen LogP contribution in [0, 0.1) is 10.6 Å². The maximum absolute atomic E-state index is 11.8. The predicted octanol–water partition coefficient (Wildman–Crippen LogP) is 3.21. The van der Waals surface area contributed by atoms with E-state index in [0.717, 1.165) is 5.56 Å². The second kappa shape index (κ2) is 5.27. The van der Waals surface area contributed by atoms with E-state index in [0.29, 0.717) is 15.0 Å². The van der Waals surface area contributed by atoms with Crippen LogP contribution < -0.4 is 4.74 Å². The molecule has 17 heavy (non-hydrogen) atoms. The number of carbonyl (C=O) groups is 1. The largest absolute Gasteiger partial charge is 0.420 e. The minimum Gasteiger partial charge on any atom is -0.420 e. The molecular formula is C13H10INO2. The zero-order valence-electron chi connectivity index (χ0n) is 9.18. The molecule has 2 rings (SSSR count). The van der Waals surface area contributed by atoms with Crippen LogP contribution in [0.2, 0.25) is 0 Å². The summed E-state index contributed by atoms with van der Waals surface area (Å²) < 4.78 is 5.93. The number of ether oxygens (including phenoxy) is 1. The zero-order chi connectivity index (χ0) is 12.3. The summed E-state index contributed by atoms with van der Waals surface area (Å²) in [4.78, 5) is 15.9. The highest BCUT2D eigenvalue weighted by molar-refractivity contribution is 14.1. The number of hydrogen-bond donors (Lipinski definition) is 0. The van der Waals surface area contributed by atoms with Gasteiger partial charge in [0.15, 0.2) is 5.75 Å². The standard InChI is InChI=1S/C13H10INO2/c1-9-4-6-10(7-5-9)13(16)17-11-3-2-8-15-12(11)14/h2-8H,1H3. The second-order valence-corrected chi connectivity index (χ2v) is 4.57. The van der Waals surface area contributed by atoms with Crippen molar-refractivity contribution in [3.05, 3.63) is 57.4 Å². The fourth-order valence-corrected chi connectivity index (χ4v) is 1.75. The van der Waals surface area contributed by atoms with Gasteiger partial charge < -0.3 is 4.74 Å². The third kappa shape index (κ3) is 3.03. The summed E-state index contributed by atoms with van der Waals surface area (Å²) in [5.41, 5.74) is 1.65. The van der Waals surface area contributed by atoms with E-state index in [9.17, 15) is 4.79 Å². The van der Waals surface area contributed by atoms with Crippen LogP contribution in [0.5, 0.6) is 5.75 Å². The van der Waals surface area contributed by atoms with Crippen LogP contribution >= 0.6 is 22.6 Å². The first-order valence-corrected chi connectivity index (χ1v) is 6.14. The van der Waals surface area contributed by atoms with E-state index in [4.69, 9.17) is 4.74 Å². The highest BCUT2D eigenvalue weighted by Gasteiger charge is 2.10. The zero-order valence-corrected chi connectivity index (χ0v) is 11.3. The molecule has 86 valence electrons. The van der Waals surface area contributed by atoms with Crippen molar-refractivity contribution < 1.29 is 9.53 Å². The Kier molecular flexibility index (Phi) is 3.73. The van der Waals surface area contributed by atoms with Crippen LogP contribution in [-0.4, -0.2) is 11.0 Å². The molecule has 0 radical (unpaired) electrons. The Balaban J connectivity index is 2.17. The van der Waals surface area contributed by atoms with Crippen molar-refractivity contribution >= 4 is 28.6 Å². The molecular weight excluding hydrogens is 329 g/mol. The number of carbonyl (C=O) groups excluding carboxylic acids is 1. The molecule has 0 amide bonds. The van der Waals surface area contributed by atoms with Gasteiger partial charge in [-0.2, -0.15) is 0 Å². The van der Waals surface area contributed by atoms with Gasteiger partial charge in [0.05, 0.1) is 5.56 Å². The Morgan fingerprint density at radius 1 is 1.24 bits per heavy atom. The summed E-state index contributed by atoms with van der Waals surface area (Å²) in [5, 5.41) is 0. The summed E-state index contributed by atoms with van der Waals surface area (Å²) in [6, 6.07) is 10.7. The Morgan fingerprint density at radius 3 is 2.59 bits per heavy atom. The molecule has 0 aliphatic heterocycles. The van der Waals surface area contributed by atoms with Crippen molar-refractivity contribution in [3.8, 4) is 5.75 Å². The summed E-state index contributed by atoms with van der Waals surface area (Å²) in [6.45, 7) is 1.97. The van der Waals surface area contributed by atoms with Gasteiger partial charge in [-0.3, -0.25) is 0 Å². The quantitative estimate of drug-likeness (QED) is 0.479. The van der Waals surface area contributed by atoms with E-state index in [1.807, 2.05) is 41.6 Å². The molecule has 0 atom stereocenters. The Morgan fingerprint density at radius 2 is 1.94 bits per heavy atom. The van der Waals surface area contributed by atoms with Gasteiger partial charge in [-0.1, -0.05) is 17.7 Å². The molecule has 0 aliphatic carbocycles. The van der Waals surface area contributed by atoms with Crippen LogP contribution in [0.3, 0.4) is 0 Å². The fraction of sp³-hybridized carbons (Fsp3) is 0.0769. The molecule has 0 aliphatic rings. The monoisotopic (exact) mass is 339 g/mol. The molecule has 0 bridgehead atoms. The normalized spacial score (nSPS) is 10.0. The highest BCUT2D eigenvalue weighted by Crippen LogP contribution is 2.18. The van der Waals surface area contributed by atoms with Crippen LogP contribution in [0.4, 0.5) is 0 Å². The average molecular weight is 339 g/mol. The van der Waals surface area contributed by atoms with Gasteiger partial charge in [-0.25, -0.2) is 9.78 Å². The molecule has 1 aromatic carbocycles. The van der Waals surface area contributed by atoms with E-state index >= 15 is 0 Å².